The molecule has 0 atom stereocenters. The molecule has 0 radical (unpaired) electrons. The summed E-state index contributed by atoms with van der Waals surface area (Å²) in [6.45, 7) is 18.1. The molecule has 0 saturated heterocycles. The Bertz CT molecular complexity index is 1950. The monoisotopic (exact) mass is 927 g/mol. The van der Waals surface area contributed by atoms with Crippen molar-refractivity contribution in [2.24, 2.45) is 0 Å². The van der Waals surface area contributed by atoms with Gasteiger partial charge in [-0.1, -0.05) is 198 Å². The molecule has 0 aliphatic carbocycles. The van der Waals surface area contributed by atoms with Crippen molar-refractivity contribution in [2.75, 3.05) is 0 Å². The Hall–Kier alpha value is -3.44. The molecular formula is C62H88O2P2. The number of hydrogen-bond acceptors (Lipinski definition) is 2. The van der Waals surface area contributed by atoms with E-state index >= 15 is 9.13 Å². The molecule has 66 heavy (non-hydrogen) atoms. The number of rotatable bonds is 30. The highest BCUT2D eigenvalue weighted by molar-refractivity contribution is 7.87. The number of hydrogen-bond donors (Lipinski definition) is 0. The van der Waals surface area contributed by atoms with Crippen LogP contribution in [0.3, 0.4) is 0 Å². The van der Waals surface area contributed by atoms with Gasteiger partial charge in [0.2, 0.25) is 0 Å². The van der Waals surface area contributed by atoms with E-state index in [9.17, 15) is 0 Å². The lowest BCUT2D eigenvalue weighted by Crippen LogP contribution is -2.37. The van der Waals surface area contributed by atoms with Crippen LogP contribution in [0.5, 0.6) is 0 Å². The lowest BCUT2D eigenvalue weighted by atomic mass is 10.0. The fourth-order valence-electron chi connectivity index (χ4n) is 10.4. The van der Waals surface area contributed by atoms with E-state index in [-0.39, 0.29) is 0 Å². The second-order valence-corrected chi connectivity index (χ2v) is 24.5. The van der Waals surface area contributed by atoms with Gasteiger partial charge in [-0.15, -0.1) is 0 Å². The molecule has 0 aromatic heterocycles. The molecule has 0 amide bonds. The van der Waals surface area contributed by atoms with E-state index in [1.54, 1.807) is 0 Å². The van der Waals surface area contributed by atoms with Gasteiger partial charge in [0.15, 0.2) is 14.3 Å². The minimum Gasteiger partial charge on any atom is -0.309 e. The molecule has 0 spiro atoms. The Morgan fingerprint density at radius 2 is 0.439 bits per heavy atom. The zero-order valence-electron chi connectivity index (χ0n) is 42.9. The van der Waals surface area contributed by atoms with Crippen LogP contribution >= 0.6 is 14.3 Å². The van der Waals surface area contributed by atoms with Gasteiger partial charge in [-0.3, -0.25) is 0 Å². The molecule has 4 heteroatoms. The molecule has 0 saturated carbocycles. The average molecular weight is 927 g/mol. The van der Waals surface area contributed by atoms with Crippen molar-refractivity contribution < 1.29 is 9.13 Å². The van der Waals surface area contributed by atoms with E-state index in [0.717, 1.165) is 186 Å². The molecule has 0 N–H and O–H groups in total. The summed E-state index contributed by atoms with van der Waals surface area (Å²) in [6.07, 6.45) is 24.1. The van der Waals surface area contributed by atoms with Crippen LogP contribution in [0.4, 0.5) is 0 Å². The molecule has 0 fully saturated rings. The predicted octanol–water partition coefficient (Wildman–Crippen LogP) is 15.7. The quantitative estimate of drug-likeness (QED) is 0.0430. The first-order chi connectivity index (χ1) is 32.2. The summed E-state index contributed by atoms with van der Waals surface area (Å²) in [5.41, 5.74) is 9.83. The van der Waals surface area contributed by atoms with Crippen molar-refractivity contribution in [3.63, 3.8) is 0 Å². The normalized spacial score (nSPS) is 12.0. The maximum absolute atomic E-state index is 18.0. The third-order valence-electron chi connectivity index (χ3n) is 14.0. The van der Waals surface area contributed by atoms with Crippen molar-refractivity contribution >= 4 is 46.1 Å². The second kappa shape index (κ2) is 27.5. The van der Waals surface area contributed by atoms with Crippen molar-refractivity contribution in [1.82, 2.24) is 0 Å². The van der Waals surface area contributed by atoms with Gasteiger partial charge in [0, 0.05) is 31.8 Å². The third kappa shape index (κ3) is 12.6. The first-order valence-corrected chi connectivity index (χ1v) is 30.4. The molecule has 358 valence electrons. The Labute approximate surface area is 404 Å². The van der Waals surface area contributed by atoms with Crippen LogP contribution in [0, 0.1) is 0 Å². The predicted molar refractivity (Wildman–Crippen MR) is 294 cm³/mol. The van der Waals surface area contributed by atoms with Gasteiger partial charge in [0.05, 0.1) is 0 Å². The van der Waals surface area contributed by atoms with Gasteiger partial charge in [-0.25, -0.2) is 0 Å². The second-order valence-electron chi connectivity index (χ2n) is 19.3. The van der Waals surface area contributed by atoms with E-state index in [2.05, 4.69) is 152 Å². The van der Waals surface area contributed by atoms with Crippen molar-refractivity contribution in [3.05, 3.63) is 142 Å². The highest BCUT2D eigenvalue weighted by atomic mass is 31.2. The van der Waals surface area contributed by atoms with Gasteiger partial charge in [0.1, 0.15) is 0 Å². The summed E-state index contributed by atoms with van der Waals surface area (Å²) in [7, 11) is -7.21. The van der Waals surface area contributed by atoms with Gasteiger partial charge in [-0.2, -0.15) is 0 Å². The van der Waals surface area contributed by atoms with E-state index in [4.69, 9.17) is 0 Å². The van der Waals surface area contributed by atoms with E-state index in [1.807, 2.05) is 0 Å². The minimum atomic E-state index is -3.61. The smallest absolute Gasteiger partial charge is 0.172 e. The van der Waals surface area contributed by atoms with E-state index < -0.39 is 14.3 Å². The van der Waals surface area contributed by atoms with Gasteiger partial charge in [0.25, 0.3) is 0 Å². The van der Waals surface area contributed by atoms with Crippen LogP contribution in [-0.4, -0.2) is 0 Å². The highest BCUT2D eigenvalue weighted by Crippen LogP contribution is 2.51. The zero-order chi connectivity index (χ0) is 47.4. The molecule has 5 aromatic rings. The van der Waals surface area contributed by atoms with Crippen LogP contribution in [0.1, 0.15) is 203 Å². The summed E-state index contributed by atoms with van der Waals surface area (Å²) in [4.78, 5) is 0. The number of unbranched alkanes of at least 4 members (excludes halogenated alkanes) is 8. The first-order valence-electron chi connectivity index (χ1n) is 27.0. The Morgan fingerprint density at radius 1 is 0.273 bits per heavy atom. The van der Waals surface area contributed by atoms with Crippen LogP contribution in [0.25, 0.3) is 0 Å². The zero-order valence-corrected chi connectivity index (χ0v) is 44.7. The van der Waals surface area contributed by atoms with E-state index in [1.165, 1.54) is 44.5 Å². The summed E-state index contributed by atoms with van der Waals surface area (Å²) in [5.74, 6) is 0. The molecule has 0 bridgehead atoms. The molecule has 5 rings (SSSR count). The molecule has 2 nitrogen and oxygen atoms in total. The summed E-state index contributed by atoms with van der Waals surface area (Å²) < 4.78 is 36.1. The molecule has 0 aliphatic heterocycles. The van der Waals surface area contributed by atoms with Gasteiger partial charge >= 0.3 is 0 Å². The first kappa shape index (κ1) is 53.5. The Kier molecular flexibility index (Phi) is 22.3. The highest BCUT2D eigenvalue weighted by Gasteiger charge is 2.41. The number of aryl methyl sites for hydroxylation is 8. The Morgan fingerprint density at radius 3 is 0.606 bits per heavy atom. The van der Waals surface area contributed by atoms with Crippen LogP contribution in [-0.2, 0) is 60.5 Å². The standard InChI is InChI=1S/C62H88O2P2/c1-9-17-30-49-38-25-39-50(31-18-10-2)59(49)65(63,60-51(32-19-11-3)40-26-41-52(60)33-20-12-4)57-46-29-47-58(48-57)66(64,61-53(34-21-13-5)42-27-43-54(61)35-22-14-6)62-55(36-23-15-7)44-28-45-56(62)37-24-16-8/h25-29,38-48H,9-24,30-37H2,1-8H3. The fourth-order valence-corrected chi connectivity index (χ4v) is 17.9. The molecule has 0 unspecified atom stereocenters. The molecule has 5 aromatic carbocycles. The van der Waals surface area contributed by atoms with Crippen LogP contribution < -0.4 is 31.8 Å². The third-order valence-corrected chi connectivity index (χ3v) is 20.9. The SMILES string of the molecule is CCCCc1cccc(CCCC)c1P(=O)(c1cccc(P(=O)(c2c(CCCC)cccc2CCCC)c2c(CCCC)cccc2CCCC)c1)c1c(CCCC)cccc1CCCC. The largest absolute Gasteiger partial charge is 0.309 e. The minimum absolute atomic E-state index is 0.853. The lowest BCUT2D eigenvalue weighted by Gasteiger charge is -2.32. The summed E-state index contributed by atoms with van der Waals surface area (Å²) in [5, 5.41) is 5.98. The topological polar surface area (TPSA) is 34.1 Å². The van der Waals surface area contributed by atoms with Gasteiger partial charge < -0.3 is 9.13 Å². The van der Waals surface area contributed by atoms with Crippen LogP contribution in [0.15, 0.2) is 97.1 Å². The maximum Gasteiger partial charge on any atom is 0.172 e. The lowest BCUT2D eigenvalue weighted by molar-refractivity contribution is 0.591. The number of benzene rings is 5. The molecule has 0 aliphatic rings. The fraction of sp³-hybridized carbons (Fsp3) is 0.516. The summed E-state index contributed by atoms with van der Waals surface area (Å²) >= 11 is 0. The van der Waals surface area contributed by atoms with Crippen LogP contribution in [0.2, 0.25) is 0 Å². The maximum atomic E-state index is 18.0. The average Bonchev–Trinajstić information content (AvgIpc) is 3.35. The Balaban J connectivity index is 2.05. The van der Waals surface area contributed by atoms with Gasteiger partial charge in [-0.05, 0) is 153 Å². The van der Waals surface area contributed by atoms with Crippen molar-refractivity contribution in [1.29, 1.82) is 0 Å². The van der Waals surface area contributed by atoms with Crippen molar-refractivity contribution in [2.45, 2.75) is 209 Å². The van der Waals surface area contributed by atoms with Crippen molar-refractivity contribution in [3.8, 4) is 0 Å². The molecular weight excluding hydrogens is 839 g/mol. The summed E-state index contributed by atoms with van der Waals surface area (Å²) in [6, 6.07) is 36.0. The molecule has 0 heterocycles. The van der Waals surface area contributed by atoms with E-state index in [0.29, 0.717) is 0 Å².